The summed E-state index contributed by atoms with van der Waals surface area (Å²) in [5.74, 6) is -2.23. The number of rotatable bonds is 7. The second-order valence-corrected chi connectivity index (χ2v) is 9.19. The fraction of sp³-hybridized carbons (Fsp3) is 0.143. The topological polar surface area (TPSA) is 121 Å². The van der Waals surface area contributed by atoms with E-state index < -0.39 is 29.6 Å². The Bertz CT molecular complexity index is 1640. The Labute approximate surface area is 216 Å². The second-order valence-electron chi connectivity index (χ2n) is 8.15. The van der Waals surface area contributed by atoms with E-state index in [0.717, 1.165) is 45.7 Å². The molecular weight excluding hydrogens is 490 g/mol. The van der Waals surface area contributed by atoms with Gasteiger partial charge >= 0.3 is 11.9 Å². The molecule has 0 aliphatic carbocycles. The highest BCUT2D eigenvalue weighted by Crippen LogP contribution is 2.30. The van der Waals surface area contributed by atoms with Crippen LogP contribution in [0.5, 0.6) is 0 Å². The normalized spacial score (nSPS) is 13.5. The minimum Gasteiger partial charge on any atom is -0.480 e. The number of nitriles is 1. The number of aliphatic carboxylic acids is 1. The predicted molar refractivity (Wildman–Crippen MR) is 143 cm³/mol. The van der Waals surface area contributed by atoms with Crippen LogP contribution in [-0.4, -0.2) is 28.2 Å². The van der Waals surface area contributed by atoms with Gasteiger partial charge in [-0.05, 0) is 53.8 Å². The number of ether oxygens (including phenoxy) is 1. The Morgan fingerprint density at radius 1 is 1.19 bits per heavy atom. The van der Waals surface area contributed by atoms with Crippen LogP contribution < -0.4 is 20.1 Å². The number of aromatic nitrogens is 1. The average Bonchev–Trinajstić information content (AvgIpc) is 3.06. The lowest BCUT2D eigenvalue weighted by molar-refractivity contribution is -0.138. The number of fused-ring (bicyclic) bond motifs is 2. The number of hydrogen-bond acceptors (Lipinski definition) is 7. The van der Waals surface area contributed by atoms with E-state index in [1.807, 2.05) is 30.3 Å². The minimum atomic E-state index is -1.28. The number of nitrogens with zero attached hydrogens (tertiary/aromatic N) is 2. The van der Waals surface area contributed by atoms with Gasteiger partial charge in [-0.25, -0.2) is 4.79 Å². The van der Waals surface area contributed by atoms with Gasteiger partial charge in [0.1, 0.15) is 23.9 Å². The summed E-state index contributed by atoms with van der Waals surface area (Å²) in [5.41, 5.74) is 4.47. The maximum Gasteiger partial charge on any atom is 0.352 e. The van der Waals surface area contributed by atoms with Gasteiger partial charge in [-0.2, -0.15) is 5.26 Å². The van der Waals surface area contributed by atoms with Crippen LogP contribution in [0.3, 0.4) is 0 Å². The first-order chi connectivity index (χ1) is 17.9. The Hall–Kier alpha value is -4.68. The van der Waals surface area contributed by atoms with E-state index in [1.54, 1.807) is 18.2 Å². The van der Waals surface area contributed by atoms with Crippen LogP contribution in [-0.2, 0) is 33.7 Å². The molecule has 0 saturated carbocycles. The van der Waals surface area contributed by atoms with Crippen molar-refractivity contribution >= 4 is 52.4 Å². The molecule has 2 aromatic carbocycles. The van der Waals surface area contributed by atoms with Gasteiger partial charge in [-0.3, -0.25) is 14.2 Å². The number of para-hydroxylation sites is 1. The monoisotopic (exact) mass is 513 g/mol. The van der Waals surface area contributed by atoms with Gasteiger partial charge in [0, 0.05) is 11.4 Å². The van der Waals surface area contributed by atoms with E-state index in [9.17, 15) is 24.8 Å². The summed E-state index contributed by atoms with van der Waals surface area (Å²) in [6, 6.07) is 16.0. The van der Waals surface area contributed by atoms with Crippen LogP contribution in [0, 0.1) is 11.3 Å². The van der Waals surface area contributed by atoms with E-state index in [-0.39, 0.29) is 15.8 Å². The maximum absolute atomic E-state index is 12.9. The van der Waals surface area contributed by atoms with E-state index in [4.69, 9.17) is 4.74 Å². The van der Waals surface area contributed by atoms with Crippen LogP contribution in [0.25, 0.3) is 17.7 Å². The molecule has 1 aliphatic rings. The number of carbonyl (C=O) groups excluding carboxylic acids is 1. The van der Waals surface area contributed by atoms with Gasteiger partial charge in [-0.15, -0.1) is 11.3 Å². The number of carbonyl (C=O) groups is 2. The molecule has 2 heterocycles. The Morgan fingerprint density at radius 3 is 2.70 bits per heavy atom. The number of esters is 1. The highest BCUT2D eigenvalue weighted by molar-refractivity contribution is 7.07. The molecule has 0 unspecified atom stereocenters. The largest absolute Gasteiger partial charge is 0.480 e. The summed E-state index contributed by atoms with van der Waals surface area (Å²) in [5, 5.41) is 22.2. The van der Waals surface area contributed by atoms with Crippen molar-refractivity contribution in [3.63, 3.8) is 0 Å². The van der Waals surface area contributed by atoms with Gasteiger partial charge in [0.25, 0.3) is 5.56 Å². The van der Waals surface area contributed by atoms with Gasteiger partial charge in [0.2, 0.25) is 0 Å². The minimum absolute atomic E-state index is 0.0701. The first kappa shape index (κ1) is 25.4. The molecule has 0 amide bonds. The van der Waals surface area contributed by atoms with E-state index in [1.165, 1.54) is 17.2 Å². The van der Waals surface area contributed by atoms with E-state index >= 15 is 0 Å². The molecule has 8 nitrogen and oxygen atoms in total. The van der Waals surface area contributed by atoms with Crippen molar-refractivity contribution in [1.29, 1.82) is 5.26 Å². The Morgan fingerprint density at radius 2 is 1.95 bits per heavy atom. The summed E-state index contributed by atoms with van der Waals surface area (Å²) < 4.78 is 5.93. The summed E-state index contributed by atoms with van der Waals surface area (Å²) in [4.78, 5) is 36.5. The molecule has 186 valence electrons. The number of allylic oxidation sites excluding steroid dienone is 1. The summed E-state index contributed by atoms with van der Waals surface area (Å²) >= 11 is 0.860. The molecule has 1 aliphatic heterocycles. The molecule has 37 heavy (non-hydrogen) atoms. The van der Waals surface area contributed by atoms with Gasteiger partial charge < -0.3 is 15.2 Å². The Balaban J connectivity index is 1.68. The fourth-order valence-electron chi connectivity index (χ4n) is 3.95. The molecule has 1 aromatic heterocycles. The lowest BCUT2D eigenvalue weighted by Gasteiger charge is -2.10. The Kier molecular flexibility index (Phi) is 7.81. The van der Waals surface area contributed by atoms with Crippen molar-refractivity contribution < 1.29 is 19.4 Å². The number of thiazole rings is 1. The molecule has 0 bridgehead atoms. The molecule has 9 heteroatoms. The standard InChI is InChI=1S/C28H23N3O5S/c1-2-14-36-28(35)21(16-29)27-31(17-25(32)33)26(34)24(37-27)9-5-6-18-10-13-23-20(15-18)12-11-19-7-3-4-8-22(19)30-23/h2-10,13,15,30H,1,11-12,14,17H2,(H,32,33)/b6-5+,24-9-,27-21-. The zero-order valence-corrected chi connectivity index (χ0v) is 20.6. The van der Waals surface area contributed by atoms with Gasteiger partial charge in [0.15, 0.2) is 5.57 Å². The van der Waals surface area contributed by atoms with Gasteiger partial charge in [0.05, 0.1) is 4.53 Å². The average molecular weight is 514 g/mol. The molecule has 0 spiro atoms. The zero-order chi connectivity index (χ0) is 26.4. The highest BCUT2D eigenvalue weighted by Gasteiger charge is 2.18. The third-order valence-electron chi connectivity index (χ3n) is 5.68. The summed E-state index contributed by atoms with van der Waals surface area (Å²) in [6.07, 6.45) is 8.21. The molecule has 0 radical (unpaired) electrons. The molecule has 2 N–H and O–H groups in total. The number of aryl methyl sites for hydroxylation is 2. The molecule has 0 atom stereocenters. The number of carboxylic acids is 1. The third kappa shape index (κ3) is 5.77. The van der Waals surface area contributed by atoms with Crippen molar-refractivity contribution in [2.75, 3.05) is 11.9 Å². The third-order valence-corrected chi connectivity index (χ3v) is 6.83. The van der Waals surface area contributed by atoms with E-state index in [0.29, 0.717) is 0 Å². The highest BCUT2D eigenvalue weighted by atomic mass is 32.1. The number of carboxylic acid groups (broad SMARTS) is 1. The van der Waals surface area contributed by atoms with Crippen LogP contribution in [0.1, 0.15) is 16.7 Å². The number of anilines is 2. The van der Waals surface area contributed by atoms with Crippen molar-refractivity contribution in [2.45, 2.75) is 19.4 Å². The smallest absolute Gasteiger partial charge is 0.352 e. The summed E-state index contributed by atoms with van der Waals surface area (Å²) in [6.45, 7) is 2.63. The fourth-order valence-corrected chi connectivity index (χ4v) is 4.99. The van der Waals surface area contributed by atoms with Crippen LogP contribution >= 0.6 is 11.3 Å². The summed E-state index contributed by atoms with van der Waals surface area (Å²) in [7, 11) is 0. The number of hydrogen-bond donors (Lipinski definition) is 2. The first-order valence-electron chi connectivity index (χ1n) is 11.4. The van der Waals surface area contributed by atoms with E-state index in [2.05, 4.69) is 30.1 Å². The lowest BCUT2D eigenvalue weighted by atomic mass is 10.0. The van der Waals surface area contributed by atoms with Crippen LogP contribution in [0.4, 0.5) is 11.4 Å². The molecule has 3 aromatic rings. The predicted octanol–water partition coefficient (Wildman–Crippen LogP) is 2.73. The molecule has 4 rings (SSSR count). The number of nitrogens with one attached hydrogen (secondary N) is 1. The van der Waals surface area contributed by atoms with Crippen LogP contribution in [0.2, 0.25) is 0 Å². The zero-order valence-electron chi connectivity index (χ0n) is 19.8. The molecule has 0 fully saturated rings. The maximum atomic E-state index is 12.9. The quantitative estimate of drug-likeness (QED) is 0.368. The second kappa shape index (κ2) is 11.4. The van der Waals surface area contributed by atoms with Crippen LogP contribution in [0.15, 0.2) is 66.0 Å². The SMILES string of the molecule is C=CCOC(=O)/C(C#N)=c1\s/c(=C\C=C\c2ccc3c(c2)CCc2ccccc2N3)c(=O)n1CC(=O)O. The molecular formula is C28H23N3O5S. The van der Waals surface area contributed by atoms with Crippen molar-refractivity contribution in [3.05, 3.63) is 97.4 Å². The van der Waals surface area contributed by atoms with Crippen molar-refractivity contribution in [2.24, 2.45) is 0 Å². The number of benzene rings is 2. The van der Waals surface area contributed by atoms with Crippen molar-refractivity contribution in [3.8, 4) is 6.07 Å². The van der Waals surface area contributed by atoms with Gasteiger partial charge in [-0.1, -0.05) is 49.1 Å². The lowest BCUT2D eigenvalue weighted by Crippen LogP contribution is -2.35. The van der Waals surface area contributed by atoms with Crippen molar-refractivity contribution in [1.82, 2.24) is 4.57 Å². The first-order valence-corrected chi connectivity index (χ1v) is 12.2. The molecule has 0 saturated heterocycles.